The SMILES string of the molecule is O=C([O-])c1cc(-c2ccccc2)cnc1Cl. The number of hydrogen-bond acceptors (Lipinski definition) is 3. The zero-order valence-corrected chi connectivity index (χ0v) is 8.94. The highest BCUT2D eigenvalue weighted by atomic mass is 35.5. The van der Waals surface area contributed by atoms with Crippen molar-refractivity contribution in [1.29, 1.82) is 0 Å². The summed E-state index contributed by atoms with van der Waals surface area (Å²) in [5.74, 6) is -1.32. The van der Waals surface area contributed by atoms with Crippen molar-refractivity contribution in [2.75, 3.05) is 0 Å². The second-order valence-corrected chi connectivity index (χ2v) is 3.57. The monoisotopic (exact) mass is 232 g/mol. The number of benzene rings is 1. The van der Waals surface area contributed by atoms with E-state index >= 15 is 0 Å². The van der Waals surface area contributed by atoms with E-state index in [2.05, 4.69) is 4.98 Å². The Balaban J connectivity index is 2.52. The predicted octanol–water partition coefficient (Wildman–Crippen LogP) is 1.77. The zero-order valence-electron chi connectivity index (χ0n) is 8.18. The Bertz CT molecular complexity index is 526. The van der Waals surface area contributed by atoms with Crippen LogP contribution in [0.5, 0.6) is 0 Å². The average molecular weight is 233 g/mol. The molecular formula is C12H7ClNO2-. The molecule has 3 nitrogen and oxygen atoms in total. The lowest BCUT2D eigenvalue weighted by molar-refractivity contribution is -0.255. The van der Waals surface area contributed by atoms with Crippen molar-refractivity contribution in [3.8, 4) is 11.1 Å². The minimum atomic E-state index is -1.32. The number of carbonyl (C=O) groups is 1. The molecule has 0 saturated heterocycles. The molecule has 1 aromatic carbocycles. The molecule has 16 heavy (non-hydrogen) atoms. The molecule has 0 bridgehead atoms. The molecule has 0 radical (unpaired) electrons. The molecule has 0 aliphatic carbocycles. The first kappa shape index (κ1) is 10.6. The van der Waals surface area contributed by atoms with Crippen molar-refractivity contribution >= 4 is 17.6 Å². The molecule has 0 fully saturated rings. The predicted molar refractivity (Wildman–Crippen MR) is 59.0 cm³/mol. The van der Waals surface area contributed by atoms with Crippen molar-refractivity contribution < 1.29 is 9.90 Å². The van der Waals surface area contributed by atoms with Crippen LogP contribution in [0.15, 0.2) is 42.6 Å². The van der Waals surface area contributed by atoms with Crippen LogP contribution in [-0.2, 0) is 0 Å². The summed E-state index contributed by atoms with van der Waals surface area (Å²) in [6.07, 6.45) is 1.53. The smallest absolute Gasteiger partial charge is 0.138 e. The molecule has 2 aromatic rings. The topological polar surface area (TPSA) is 53.0 Å². The van der Waals surface area contributed by atoms with Gasteiger partial charge in [-0.2, -0.15) is 0 Å². The largest absolute Gasteiger partial charge is 0.545 e. The van der Waals surface area contributed by atoms with Crippen LogP contribution in [-0.4, -0.2) is 11.0 Å². The minimum absolute atomic E-state index is 0.0559. The summed E-state index contributed by atoms with van der Waals surface area (Å²) >= 11 is 5.65. The van der Waals surface area contributed by atoms with E-state index in [0.29, 0.717) is 5.56 Å². The molecule has 0 amide bonds. The highest BCUT2D eigenvalue weighted by Gasteiger charge is 2.05. The fraction of sp³-hybridized carbons (Fsp3) is 0. The number of aromatic carboxylic acids is 1. The van der Waals surface area contributed by atoms with E-state index in [4.69, 9.17) is 11.6 Å². The Kier molecular flexibility index (Phi) is 2.88. The summed E-state index contributed by atoms with van der Waals surface area (Å²) in [6.45, 7) is 0. The maximum Gasteiger partial charge on any atom is 0.138 e. The molecule has 0 unspecified atom stereocenters. The zero-order chi connectivity index (χ0) is 11.5. The van der Waals surface area contributed by atoms with Crippen LogP contribution < -0.4 is 5.11 Å². The van der Waals surface area contributed by atoms with Gasteiger partial charge in [-0.15, -0.1) is 0 Å². The second kappa shape index (κ2) is 4.33. The summed E-state index contributed by atoms with van der Waals surface area (Å²) in [5, 5.41) is 10.7. The number of pyridine rings is 1. The molecule has 1 aromatic heterocycles. The van der Waals surface area contributed by atoms with E-state index < -0.39 is 5.97 Å². The number of halogens is 1. The third-order valence-corrected chi connectivity index (χ3v) is 2.47. The van der Waals surface area contributed by atoms with Crippen LogP contribution in [0.3, 0.4) is 0 Å². The van der Waals surface area contributed by atoms with Gasteiger partial charge in [-0.1, -0.05) is 41.9 Å². The summed E-state index contributed by atoms with van der Waals surface area (Å²) in [5.41, 5.74) is 1.49. The van der Waals surface area contributed by atoms with Crippen LogP contribution in [0.4, 0.5) is 0 Å². The van der Waals surface area contributed by atoms with Crippen LogP contribution in [0, 0.1) is 0 Å². The molecule has 2 rings (SSSR count). The summed E-state index contributed by atoms with van der Waals surface area (Å²) in [6, 6.07) is 10.8. The van der Waals surface area contributed by atoms with Gasteiger partial charge in [0.25, 0.3) is 0 Å². The normalized spacial score (nSPS) is 10.1. The van der Waals surface area contributed by atoms with E-state index in [0.717, 1.165) is 5.56 Å². The van der Waals surface area contributed by atoms with Crippen LogP contribution in [0.2, 0.25) is 5.15 Å². The van der Waals surface area contributed by atoms with Gasteiger partial charge in [0, 0.05) is 17.3 Å². The number of aromatic nitrogens is 1. The molecule has 0 saturated carbocycles. The lowest BCUT2D eigenvalue weighted by atomic mass is 10.1. The van der Waals surface area contributed by atoms with Crippen molar-refractivity contribution in [3.63, 3.8) is 0 Å². The first-order valence-electron chi connectivity index (χ1n) is 4.61. The molecule has 0 spiro atoms. The van der Waals surface area contributed by atoms with Gasteiger partial charge >= 0.3 is 0 Å². The first-order chi connectivity index (χ1) is 7.68. The third-order valence-electron chi connectivity index (χ3n) is 2.17. The van der Waals surface area contributed by atoms with Crippen LogP contribution in [0.25, 0.3) is 11.1 Å². The molecule has 1 heterocycles. The highest BCUT2D eigenvalue weighted by Crippen LogP contribution is 2.22. The van der Waals surface area contributed by atoms with Gasteiger partial charge in [0.15, 0.2) is 0 Å². The van der Waals surface area contributed by atoms with Gasteiger partial charge in [0.2, 0.25) is 0 Å². The van der Waals surface area contributed by atoms with Gasteiger partial charge in [-0.05, 0) is 11.6 Å². The number of carboxylic acid groups (broad SMARTS) is 1. The first-order valence-corrected chi connectivity index (χ1v) is 4.98. The Hall–Kier alpha value is -1.87. The number of nitrogens with zero attached hydrogens (tertiary/aromatic N) is 1. The number of carbonyl (C=O) groups excluding carboxylic acids is 1. The average Bonchev–Trinajstić information content (AvgIpc) is 2.30. The van der Waals surface area contributed by atoms with E-state index in [1.165, 1.54) is 12.3 Å². The van der Waals surface area contributed by atoms with Gasteiger partial charge in [0.05, 0.1) is 5.97 Å². The quantitative estimate of drug-likeness (QED) is 0.742. The van der Waals surface area contributed by atoms with E-state index in [9.17, 15) is 9.90 Å². The maximum absolute atomic E-state index is 10.8. The van der Waals surface area contributed by atoms with Crippen molar-refractivity contribution in [1.82, 2.24) is 4.98 Å². The maximum atomic E-state index is 10.8. The summed E-state index contributed by atoms with van der Waals surface area (Å²) in [4.78, 5) is 14.6. The van der Waals surface area contributed by atoms with E-state index in [-0.39, 0.29) is 10.7 Å². The van der Waals surface area contributed by atoms with E-state index in [1.54, 1.807) is 0 Å². The Morgan fingerprint density at radius 3 is 2.50 bits per heavy atom. The second-order valence-electron chi connectivity index (χ2n) is 3.22. The van der Waals surface area contributed by atoms with Crippen molar-refractivity contribution in [2.45, 2.75) is 0 Å². The van der Waals surface area contributed by atoms with Gasteiger partial charge in [-0.25, -0.2) is 4.98 Å². The van der Waals surface area contributed by atoms with Crippen LogP contribution in [0.1, 0.15) is 10.4 Å². The Labute approximate surface area is 97.3 Å². The van der Waals surface area contributed by atoms with Crippen molar-refractivity contribution in [2.24, 2.45) is 0 Å². The number of carboxylic acids is 1. The fourth-order valence-corrected chi connectivity index (χ4v) is 1.56. The Morgan fingerprint density at radius 1 is 1.19 bits per heavy atom. The lowest BCUT2D eigenvalue weighted by Crippen LogP contribution is -2.23. The molecule has 0 aliphatic heterocycles. The molecular weight excluding hydrogens is 226 g/mol. The lowest BCUT2D eigenvalue weighted by Gasteiger charge is -2.07. The van der Waals surface area contributed by atoms with Gasteiger partial charge < -0.3 is 9.90 Å². The van der Waals surface area contributed by atoms with Crippen molar-refractivity contribution in [3.05, 3.63) is 53.3 Å². The van der Waals surface area contributed by atoms with Crippen LogP contribution >= 0.6 is 11.6 Å². The molecule has 0 atom stereocenters. The highest BCUT2D eigenvalue weighted by molar-refractivity contribution is 6.32. The summed E-state index contributed by atoms with van der Waals surface area (Å²) in [7, 11) is 0. The molecule has 80 valence electrons. The summed E-state index contributed by atoms with van der Waals surface area (Å²) < 4.78 is 0. The molecule has 0 aliphatic rings. The van der Waals surface area contributed by atoms with Gasteiger partial charge in [0.1, 0.15) is 5.15 Å². The fourth-order valence-electron chi connectivity index (χ4n) is 1.38. The van der Waals surface area contributed by atoms with E-state index in [1.807, 2.05) is 30.3 Å². The Morgan fingerprint density at radius 2 is 1.88 bits per heavy atom. The third kappa shape index (κ3) is 2.04. The molecule has 0 N–H and O–H groups in total. The van der Waals surface area contributed by atoms with Gasteiger partial charge in [-0.3, -0.25) is 0 Å². The number of hydrogen-bond donors (Lipinski definition) is 0. The minimum Gasteiger partial charge on any atom is -0.545 e. The standard InChI is InChI=1S/C12H8ClNO2/c13-11-10(12(15)16)6-9(7-14-11)8-4-2-1-3-5-8/h1-7H,(H,15,16)/p-1. The number of rotatable bonds is 2. The molecule has 4 heteroatoms.